The number of aromatic amines is 1. The van der Waals surface area contributed by atoms with Crippen LogP contribution in [0.1, 0.15) is 37.2 Å². The highest BCUT2D eigenvalue weighted by Crippen LogP contribution is 2.33. The lowest BCUT2D eigenvalue weighted by molar-refractivity contribution is -0.384. The molecule has 1 saturated heterocycles. The Labute approximate surface area is 188 Å². The molecule has 2 aromatic heterocycles. The Hall–Kier alpha value is -3.88. The van der Waals surface area contributed by atoms with Crippen LogP contribution in [-0.2, 0) is 11.3 Å². The number of non-ortho nitro benzene ring substituents is 1. The highest BCUT2D eigenvalue weighted by molar-refractivity contribution is 5.83. The van der Waals surface area contributed by atoms with Gasteiger partial charge in [0.2, 0.25) is 5.91 Å². The van der Waals surface area contributed by atoms with Gasteiger partial charge in [0, 0.05) is 49.2 Å². The van der Waals surface area contributed by atoms with Crippen molar-refractivity contribution in [3.8, 4) is 0 Å². The van der Waals surface area contributed by atoms with Gasteiger partial charge in [0.1, 0.15) is 0 Å². The summed E-state index contributed by atoms with van der Waals surface area (Å²) in [5, 5.41) is 12.2. The number of nitro benzene ring substituents is 1. The number of oxazole rings is 1. The number of piperidine rings is 1. The van der Waals surface area contributed by atoms with Gasteiger partial charge in [-0.25, -0.2) is 4.79 Å². The molecule has 0 spiro atoms. The van der Waals surface area contributed by atoms with E-state index >= 15 is 0 Å². The zero-order valence-corrected chi connectivity index (χ0v) is 18.0. The molecule has 9 nitrogen and oxygen atoms in total. The fraction of sp³-hybridized carbons (Fsp3) is 0.333. The average molecular weight is 448 g/mol. The molecule has 4 aromatic rings. The van der Waals surface area contributed by atoms with Gasteiger partial charge in [-0.3, -0.25) is 19.5 Å². The summed E-state index contributed by atoms with van der Waals surface area (Å²) in [7, 11) is 0. The number of hydrogen-bond donors (Lipinski definition) is 1. The summed E-state index contributed by atoms with van der Waals surface area (Å²) < 4.78 is 6.57. The Bertz CT molecular complexity index is 1390. The number of amides is 1. The average Bonchev–Trinajstić information content (AvgIpc) is 3.39. The summed E-state index contributed by atoms with van der Waals surface area (Å²) in [5.74, 6) is -0.0496. The third-order valence-corrected chi connectivity index (χ3v) is 6.54. The zero-order valence-electron chi connectivity index (χ0n) is 18.0. The van der Waals surface area contributed by atoms with E-state index in [-0.39, 0.29) is 17.2 Å². The molecule has 1 N–H and O–H groups in total. The maximum atomic E-state index is 12.7. The zero-order chi connectivity index (χ0) is 22.9. The van der Waals surface area contributed by atoms with E-state index in [4.69, 9.17) is 4.42 Å². The normalized spacial score (nSPS) is 14.8. The van der Waals surface area contributed by atoms with Crippen molar-refractivity contribution in [1.29, 1.82) is 0 Å². The molecular weight excluding hydrogens is 424 g/mol. The highest BCUT2D eigenvalue weighted by Gasteiger charge is 2.25. The summed E-state index contributed by atoms with van der Waals surface area (Å²) >= 11 is 0. The van der Waals surface area contributed by atoms with Crippen molar-refractivity contribution in [2.45, 2.75) is 38.1 Å². The molecule has 1 fully saturated rings. The number of H-pyrrole nitrogens is 1. The molecule has 3 heterocycles. The van der Waals surface area contributed by atoms with Gasteiger partial charge in [0.15, 0.2) is 5.58 Å². The lowest BCUT2D eigenvalue weighted by Crippen LogP contribution is -2.37. The first-order chi connectivity index (χ1) is 16.0. The van der Waals surface area contributed by atoms with Crippen LogP contribution in [0.3, 0.4) is 0 Å². The van der Waals surface area contributed by atoms with Crippen molar-refractivity contribution in [1.82, 2.24) is 14.5 Å². The summed E-state index contributed by atoms with van der Waals surface area (Å²) in [6, 6.07) is 12.4. The molecule has 0 atom stereocenters. The fourth-order valence-electron chi connectivity index (χ4n) is 4.80. The van der Waals surface area contributed by atoms with E-state index in [1.165, 1.54) is 33.7 Å². The number of likely N-dealkylation sites (tertiary alicyclic amines) is 1. The van der Waals surface area contributed by atoms with E-state index < -0.39 is 10.7 Å². The van der Waals surface area contributed by atoms with Gasteiger partial charge in [-0.05, 0) is 42.9 Å². The molecule has 0 unspecified atom stereocenters. The van der Waals surface area contributed by atoms with E-state index in [1.54, 1.807) is 0 Å². The van der Waals surface area contributed by atoms with E-state index in [1.807, 2.05) is 17.0 Å². The predicted molar refractivity (Wildman–Crippen MR) is 123 cm³/mol. The van der Waals surface area contributed by atoms with Gasteiger partial charge >= 0.3 is 5.76 Å². The summed E-state index contributed by atoms with van der Waals surface area (Å²) in [5.41, 5.74) is 3.01. The smallest absolute Gasteiger partial charge is 0.407 e. The minimum atomic E-state index is -0.572. The SMILES string of the molecule is O=C(CCCn1c(=O)oc2cc([N+](=O)[O-])ccc21)N1CCC(c2c[nH]c3ccccc23)CC1. The molecule has 0 bridgehead atoms. The van der Waals surface area contributed by atoms with Crippen molar-refractivity contribution < 1.29 is 14.1 Å². The van der Waals surface area contributed by atoms with Crippen LogP contribution < -0.4 is 5.76 Å². The van der Waals surface area contributed by atoms with Crippen molar-refractivity contribution in [3.63, 3.8) is 0 Å². The van der Waals surface area contributed by atoms with Crippen LogP contribution in [0.2, 0.25) is 0 Å². The van der Waals surface area contributed by atoms with Crippen LogP contribution in [0, 0.1) is 10.1 Å². The van der Waals surface area contributed by atoms with E-state index in [0.29, 0.717) is 30.8 Å². The molecule has 0 radical (unpaired) electrons. The number of carbonyl (C=O) groups excluding carboxylic acids is 1. The van der Waals surface area contributed by atoms with Crippen LogP contribution in [0.4, 0.5) is 5.69 Å². The maximum Gasteiger partial charge on any atom is 0.419 e. The first-order valence-electron chi connectivity index (χ1n) is 11.1. The van der Waals surface area contributed by atoms with Gasteiger partial charge in [-0.2, -0.15) is 0 Å². The molecule has 170 valence electrons. The van der Waals surface area contributed by atoms with Gasteiger partial charge in [0.05, 0.1) is 16.5 Å². The highest BCUT2D eigenvalue weighted by atomic mass is 16.6. The second kappa shape index (κ2) is 8.57. The molecule has 0 aliphatic carbocycles. The Morgan fingerprint density at radius 3 is 2.76 bits per heavy atom. The van der Waals surface area contributed by atoms with Crippen molar-refractivity contribution >= 4 is 33.6 Å². The molecule has 0 saturated carbocycles. The summed E-state index contributed by atoms with van der Waals surface area (Å²) in [4.78, 5) is 40.5. The molecule has 1 aliphatic heterocycles. The summed E-state index contributed by atoms with van der Waals surface area (Å²) in [6.07, 6.45) is 4.78. The second-order valence-electron chi connectivity index (χ2n) is 8.48. The van der Waals surface area contributed by atoms with Gasteiger partial charge in [-0.15, -0.1) is 0 Å². The first-order valence-corrected chi connectivity index (χ1v) is 11.1. The Kier molecular flexibility index (Phi) is 5.45. The van der Waals surface area contributed by atoms with Crippen LogP contribution in [0.25, 0.3) is 22.0 Å². The molecule has 2 aromatic carbocycles. The number of nitrogens with zero attached hydrogens (tertiary/aromatic N) is 3. The van der Waals surface area contributed by atoms with E-state index in [0.717, 1.165) is 31.4 Å². The second-order valence-corrected chi connectivity index (χ2v) is 8.48. The van der Waals surface area contributed by atoms with E-state index in [2.05, 4.69) is 23.3 Å². The quantitative estimate of drug-likeness (QED) is 0.351. The fourth-order valence-corrected chi connectivity index (χ4v) is 4.80. The number of hydrogen-bond acceptors (Lipinski definition) is 5. The van der Waals surface area contributed by atoms with Crippen LogP contribution in [0.15, 0.2) is 57.9 Å². The number of carbonyl (C=O) groups is 1. The van der Waals surface area contributed by atoms with E-state index in [9.17, 15) is 19.7 Å². The van der Waals surface area contributed by atoms with Crippen molar-refractivity contribution in [3.05, 3.63) is 74.9 Å². The number of nitro groups is 1. The van der Waals surface area contributed by atoms with Gasteiger partial charge < -0.3 is 14.3 Å². The molecule has 33 heavy (non-hydrogen) atoms. The third-order valence-electron chi connectivity index (χ3n) is 6.54. The summed E-state index contributed by atoms with van der Waals surface area (Å²) in [6.45, 7) is 1.77. The van der Waals surface area contributed by atoms with Gasteiger partial charge in [-0.1, -0.05) is 18.2 Å². The monoisotopic (exact) mass is 448 g/mol. The lowest BCUT2D eigenvalue weighted by Gasteiger charge is -2.32. The topological polar surface area (TPSA) is 114 Å². The number of aromatic nitrogens is 2. The molecular formula is C24H24N4O5. The third kappa shape index (κ3) is 4.02. The maximum absolute atomic E-state index is 12.7. The Balaban J connectivity index is 1.17. The molecule has 1 aliphatic rings. The Morgan fingerprint density at radius 2 is 1.97 bits per heavy atom. The number of aryl methyl sites for hydroxylation is 1. The number of rotatable bonds is 6. The van der Waals surface area contributed by atoms with Crippen LogP contribution >= 0.6 is 0 Å². The van der Waals surface area contributed by atoms with Crippen LogP contribution in [0.5, 0.6) is 0 Å². The predicted octanol–water partition coefficient (Wildman–Crippen LogP) is 4.17. The molecule has 9 heteroatoms. The minimum Gasteiger partial charge on any atom is -0.407 e. The molecule has 1 amide bonds. The number of para-hydroxylation sites is 1. The van der Waals surface area contributed by atoms with Crippen molar-refractivity contribution in [2.75, 3.05) is 13.1 Å². The van der Waals surface area contributed by atoms with Crippen molar-refractivity contribution in [2.24, 2.45) is 0 Å². The minimum absolute atomic E-state index is 0.0869. The van der Waals surface area contributed by atoms with Crippen LogP contribution in [-0.4, -0.2) is 38.4 Å². The first kappa shape index (κ1) is 21.0. The largest absolute Gasteiger partial charge is 0.419 e. The number of benzene rings is 2. The Morgan fingerprint density at radius 1 is 1.18 bits per heavy atom. The molecule has 5 rings (SSSR count). The lowest BCUT2D eigenvalue weighted by atomic mass is 9.89. The standard InChI is InChI=1S/C24H24N4O5/c29-23(6-3-11-27-21-8-7-17(28(31)32)14-22(21)33-24(27)30)26-12-9-16(10-13-26)19-15-25-20-5-2-1-4-18(19)20/h1-2,4-5,7-8,14-16,25H,3,6,9-13H2. The number of fused-ring (bicyclic) bond motifs is 2. The number of nitrogens with one attached hydrogen (secondary N) is 1. The van der Waals surface area contributed by atoms with Gasteiger partial charge in [0.25, 0.3) is 5.69 Å².